The van der Waals surface area contributed by atoms with Gasteiger partial charge in [0.15, 0.2) is 8.32 Å². The van der Waals surface area contributed by atoms with Crippen LogP contribution in [0.25, 0.3) is 0 Å². The third kappa shape index (κ3) is 15.6. The van der Waals surface area contributed by atoms with Gasteiger partial charge in [0.1, 0.15) is 11.6 Å². The van der Waals surface area contributed by atoms with Gasteiger partial charge in [-0.05, 0) is 32.6 Å². The van der Waals surface area contributed by atoms with Crippen molar-refractivity contribution in [3.8, 4) is 0 Å². The number of halogens is 1. The number of Topliss-reactive ketones (excluding diaryl/α,β-unsaturated/α-hetero) is 1. The molecule has 5 nitrogen and oxygen atoms in total. The van der Waals surface area contributed by atoms with Crippen molar-refractivity contribution in [3.63, 3.8) is 0 Å². The molecule has 0 radical (unpaired) electrons. The number of hydrogen-bond acceptors (Lipinski definition) is 2. The maximum atomic E-state index is 13.7. The van der Waals surface area contributed by atoms with E-state index in [1.54, 1.807) is 18.2 Å². The maximum Gasteiger partial charge on any atom is 0 e. The Hall–Kier alpha value is -1.25. The minimum Gasteiger partial charge on any atom is 0 e. The minimum absolute atomic E-state index is 0. The second kappa shape index (κ2) is 18.1. The molecular weight excluding hydrogens is 371 g/mol. The first kappa shape index (κ1) is 30.6. The van der Waals surface area contributed by atoms with Crippen molar-refractivity contribution < 1.29 is 44.9 Å². The zero-order valence-corrected chi connectivity index (χ0v) is 16.2. The van der Waals surface area contributed by atoms with E-state index in [0.717, 1.165) is 0 Å². The van der Waals surface area contributed by atoms with Crippen molar-refractivity contribution in [2.75, 3.05) is 0 Å². The Balaban J connectivity index is -0.000000256. The smallest absolute Gasteiger partial charge is 0 e. The molecule has 0 spiro atoms. The van der Waals surface area contributed by atoms with Crippen LogP contribution < -0.4 is 0 Å². The van der Waals surface area contributed by atoms with Gasteiger partial charge in [-0.2, -0.15) is 0 Å². The van der Waals surface area contributed by atoms with Gasteiger partial charge in [0.25, 0.3) is 0 Å². The summed E-state index contributed by atoms with van der Waals surface area (Å²) in [5.74, 6) is -0.298. The minimum atomic E-state index is -1.81. The molecule has 1 aromatic rings. The normalized spacial score (nSPS) is 9.79. The third-order valence-electron chi connectivity index (χ3n) is 2.22. The second-order valence-corrected chi connectivity index (χ2v) is 9.61. The fourth-order valence-corrected chi connectivity index (χ4v) is 2.70. The summed E-state index contributed by atoms with van der Waals surface area (Å²) in [7, 11) is -1.81. The molecule has 1 atom stereocenters. The average Bonchev–Trinajstić information content (AvgIpc) is 2.51. The molecule has 0 fully saturated rings. The fourth-order valence-electron chi connectivity index (χ4n) is 1.64. The Kier molecular flexibility index (Phi) is 23.1. The molecule has 8 heteroatoms. The van der Waals surface area contributed by atoms with Gasteiger partial charge in [-0.25, -0.2) is 4.39 Å². The summed E-state index contributed by atoms with van der Waals surface area (Å²) in [6.07, 6.45) is -0.231. The van der Waals surface area contributed by atoms with Gasteiger partial charge in [-0.15, -0.1) is 0 Å². The van der Waals surface area contributed by atoms with Crippen LogP contribution in [0.4, 0.5) is 4.39 Å². The van der Waals surface area contributed by atoms with E-state index < -0.39 is 14.4 Å². The summed E-state index contributed by atoms with van der Waals surface area (Å²) < 4.78 is 42.1. The number of ketones is 1. The number of carbonyl (C=O) groups excluding carboxylic acids is 1. The topological polar surface area (TPSA) is 86.0 Å². The van der Waals surface area contributed by atoms with Crippen LogP contribution in [-0.2, 0) is 40.5 Å². The van der Waals surface area contributed by atoms with E-state index >= 15 is 0 Å². The molecule has 1 aromatic carbocycles. The first-order chi connectivity index (χ1) is 10.8. The zero-order valence-electron chi connectivity index (χ0n) is 13.9. The van der Waals surface area contributed by atoms with Crippen LogP contribution in [-0.4, -0.2) is 14.1 Å². The van der Waals surface area contributed by atoms with Gasteiger partial charge < -0.3 is 4.43 Å². The van der Waals surface area contributed by atoms with Gasteiger partial charge in [0, 0.05) is 29.3 Å². The van der Waals surface area contributed by atoms with Crippen LogP contribution in [0.5, 0.6) is 0 Å². The second-order valence-electron chi connectivity index (χ2n) is 5.15. The standard InChI is InChI=1S/C13H19FO2Si.3CO.Cr/c1-10(15)9-13(16-17(2,3)4)11-7-5-6-8-12(11)14;3*1-2;/h5-8,13H,9H2,1-4H3;;;;/t13-;;;;/m0..../s1. The summed E-state index contributed by atoms with van der Waals surface area (Å²) in [6.45, 7) is 21.1. The predicted molar refractivity (Wildman–Crippen MR) is 80.7 cm³/mol. The molecule has 0 aromatic heterocycles. The number of carbonyl (C=O) groups is 1. The maximum absolute atomic E-state index is 13.7. The van der Waals surface area contributed by atoms with E-state index in [1.807, 2.05) is 19.6 Å². The Bertz CT molecular complexity index is 509. The molecule has 0 aliphatic heterocycles. The van der Waals surface area contributed by atoms with Crippen LogP contribution in [0.1, 0.15) is 25.0 Å². The van der Waals surface area contributed by atoms with Gasteiger partial charge in [-0.3, -0.25) is 4.79 Å². The molecular formula is C16H19CrFO5Si. The molecule has 24 heavy (non-hydrogen) atoms. The van der Waals surface area contributed by atoms with Crippen molar-refractivity contribution in [3.05, 3.63) is 55.6 Å². The number of rotatable bonds is 5. The van der Waals surface area contributed by atoms with Gasteiger partial charge in [0.2, 0.25) is 0 Å². The SMILES string of the molecule is CC(=O)C[C@H](O[Si](C)(C)C)c1ccccc1F.[C-]#[O+].[C-]#[O+].[C-]#[O+].[Cr]. The van der Waals surface area contributed by atoms with Crippen molar-refractivity contribution in [1.82, 2.24) is 0 Å². The van der Waals surface area contributed by atoms with Gasteiger partial charge >= 0.3 is 33.9 Å². The first-order valence-corrected chi connectivity index (χ1v) is 9.73. The fraction of sp³-hybridized carbons (Fsp3) is 0.375. The van der Waals surface area contributed by atoms with Crippen molar-refractivity contribution >= 4 is 14.1 Å². The van der Waals surface area contributed by atoms with E-state index in [-0.39, 0.29) is 35.4 Å². The summed E-state index contributed by atoms with van der Waals surface area (Å²) in [5, 5.41) is 0. The summed E-state index contributed by atoms with van der Waals surface area (Å²) in [6, 6.07) is 6.48. The Morgan fingerprint density at radius 3 is 1.88 bits per heavy atom. The molecule has 0 bridgehead atoms. The Morgan fingerprint density at radius 2 is 1.54 bits per heavy atom. The van der Waals surface area contributed by atoms with E-state index in [1.165, 1.54) is 13.0 Å². The molecule has 0 N–H and O–H groups in total. The zero-order chi connectivity index (χ0) is 19.1. The largest absolute Gasteiger partial charge is 0 e. The van der Waals surface area contributed by atoms with Crippen LogP contribution in [0.2, 0.25) is 19.6 Å². The predicted octanol–water partition coefficient (Wildman–Crippen LogP) is 3.58. The number of hydrogen-bond donors (Lipinski definition) is 0. The van der Waals surface area contributed by atoms with Crippen molar-refractivity contribution in [2.24, 2.45) is 0 Å². The molecule has 0 saturated carbocycles. The molecule has 0 aliphatic rings. The van der Waals surface area contributed by atoms with Crippen LogP contribution in [0.15, 0.2) is 24.3 Å². The summed E-state index contributed by atoms with van der Waals surface area (Å²) >= 11 is 0. The molecule has 0 aliphatic carbocycles. The van der Waals surface area contributed by atoms with Crippen LogP contribution in [0.3, 0.4) is 0 Å². The molecule has 0 amide bonds. The Labute approximate surface area is 154 Å². The van der Waals surface area contributed by atoms with Crippen molar-refractivity contribution in [2.45, 2.75) is 39.1 Å². The van der Waals surface area contributed by atoms with E-state index in [0.29, 0.717) is 5.56 Å². The van der Waals surface area contributed by atoms with Gasteiger partial charge in [0.05, 0.1) is 6.10 Å². The molecule has 1 rings (SSSR count). The monoisotopic (exact) mass is 390 g/mol. The van der Waals surface area contributed by atoms with Crippen LogP contribution >= 0.6 is 0 Å². The van der Waals surface area contributed by atoms with E-state index in [4.69, 9.17) is 18.4 Å². The van der Waals surface area contributed by atoms with Crippen LogP contribution in [0, 0.1) is 25.8 Å². The molecule has 0 unspecified atom stereocenters. The molecule has 0 saturated heterocycles. The van der Waals surface area contributed by atoms with Gasteiger partial charge in [-0.1, -0.05) is 18.2 Å². The molecule has 130 valence electrons. The van der Waals surface area contributed by atoms with Crippen molar-refractivity contribution in [1.29, 1.82) is 0 Å². The summed E-state index contributed by atoms with van der Waals surface area (Å²) in [5.41, 5.74) is 0.477. The Morgan fingerprint density at radius 1 is 1.12 bits per heavy atom. The average molecular weight is 390 g/mol. The molecule has 0 heterocycles. The van der Waals surface area contributed by atoms with E-state index in [2.05, 4.69) is 20.0 Å². The first-order valence-electron chi connectivity index (χ1n) is 6.32. The quantitative estimate of drug-likeness (QED) is 0.437. The number of benzene rings is 1. The van der Waals surface area contributed by atoms with E-state index in [9.17, 15) is 9.18 Å². The summed E-state index contributed by atoms with van der Waals surface area (Å²) in [4.78, 5) is 11.2. The third-order valence-corrected chi connectivity index (χ3v) is 3.21.